The number of carbonyl (C=O) groups excluding carboxylic acids is 3. The van der Waals surface area contributed by atoms with Crippen molar-refractivity contribution < 1.29 is 29.0 Å². The van der Waals surface area contributed by atoms with Gasteiger partial charge in [-0.15, -0.1) is 0 Å². The molecule has 0 fully saturated rings. The Morgan fingerprint density at radius 3 is 2.12 bits per heavy atom. The average molecular weight is 359 g/mol. The number of primary amides is 1. The first-order valence-electron chi connectivity index (χ1n) is 8.18. The van der Waals surface area contributed by atoms with Gasteiger partial charge < -0.3 is 26.2 Å². The highest BCUT2D eigenvalue weighted by Gasteiger charge is 2.31. The molecule has 0 aliphatic heterocycles. The first-order valence-corrected chi connectivity index (χ1v) is 8.18. The minimum absolute atomic E-state index is 0.129. The lowest BCUT2D eigenvalue weighted by atomic mass is 9.98. The van der Waals surface area contributed by atoms with Crippen LogP contribution < -0.4 is 16.4 Å². The summed E-state index contributed by atoms with van der Waals surface area (Å²) in [5, 5.41) is 14.0. The van der Waals surface area contributed by atoms with E-state index < -0.39 is 41.6 Å². The number of alkyl carbamates (subject to hydrolysis) is 1. The van der Waals surface area contributed by atoms with E-state index in [2.05, 4.69) is 10.6 Å². The third-order valence-electron chi connectivity index (χ3n) is 3.46. The van der Waals surface area contributed by atoms with Crippen LogP contribution >= 0.6 is 0 Å². The van der Waals surface area contributed by atoms with Crippen molar-refractivity contribution >= 4 is 23.9 Å². The summed E-state index contributed by atoms with van der Waals surface area (Å²) in [6.45, 7) is 8.66. The minimum Gasteiger partial charge on any atom is -0.480 e. The zero-order valence-corrected chi connectivity index (χ0v) is 15.4. The molecule has 9 heteroatoms. The second-order valence-electron chi connectivity index (χ2n) is 6.91. The van der Waals surface area contributed by atoms with E-state index in [0.717, 1.165) is 0 Å². The predicted molar refractivity (Wildman–Crippen MR) is 90.6 cm³/mol. The number of hydrogen-bond acceptors (Lipinski definition) is 5. The van der Waals surface area contributed by atoms with Crippen molar-refractivity contribution in [3.8, 4) is 0 Å². The number of carbonyl (C=O) groups is 4. The van der Waals surface area contributed by atoms with Gasteiger partial charge in [0, 0.05) is 6.42 Å². The van der Waals surface area contributed by atoms with E-state index in [1.165, 1.54) is 0 Å². The molecule has 0 heterocycles. The Bertz CT molecular complexity index is 501. The molecule has 0 rings (SSSR count). The predicted octanol–water partition coefficient (Wildman–Crippen LogP) is 0.761. The summed E-state index contributed by atoms with van der Waals surface area (Å²) in [6.07, 6.45) is -0.495. The van der Waals surface area contributed by atoms with Crippen LogP contribution in [0.15, 0.2) is 0 Å². The fourth-order valence-corrected chi connectivity index (χ4v) is 1.94. The summed E-state index contributed by atoms with van der Waals surface area (Å²) in [6, 6.07) is -2.23. The molecule has 0 radical (unpaired) electrons. The van der Waals surface area contributed by atoms with Crippen LogP contribution in [0.2, 0.25) is 0 Å². The molecule has 0 aliphatic carbocycles. The lowest BCUT2D eigenvalue weighted by Gasteiger charge is -2.27. The Morgan fingerprint density at radius 1 is 1.16 bits per heavy atom. The summed E-state index contributed by atoms with van der Waals surface area (Å²) in [5.74, 6) is -2.85. The Morgan fingerprint density at radius 2 is 1.72 bits per heavy atom. The van der Waals surface area contributed by atoms with Gasteiger partial charge >= 0.3 is 12.1 Å². The molecule has 144 valence electrons. The number of carboxylic acids is 1. The maximum Gasteiger partial charge on any atom is 0.408 e. The van der Waals surface area contributed by atoms with Gasteiger partial charge in [-0.05, 0) is 33.1 Å². The maximum atomic E-state index is 12.4. The van der Waals surface area contributed by atoms with Crippen molar-refractivity contribution in [3.05, 3.63) is 0 Å². The maximum absolute atomic E-state index is 12.4. The van der Waals surface area contributed by atoms with Gasteiger partial charge in [-0.3, -0.25) is 9.59 Å². The molecule has 3 amide bonds. The average Bonchev–Trinajstić information content (AvgIpc) is 2.45. The van der Waals surface area contributed by atoms with Crippen LogP contribution in [0.4, 0.5) is 4.79 Å². The number of nitrogens with one attached hydrogen (secondary N) is 2. The van der Waals surface area contributed by atoms with Crippen molar-refractivity contribution in [1.29, 1.82) is 0 Å². The lowest BCUT2D eigenvalue weighted by molar-refractivity contribution is -0.142. The third-order valence-corrected chi connectivity index (χ3v) is 3.46. The number of amides is 3. The first kappa shape index (κ1) is 22.7. The highest BCUT2D eigenvalue weighted by atomic mass is 16.6. The quantitative estimate of drug-likeness (QED) is 0.478. The minimum atomic E-state index is -1.28. The highest BCUT2D eigenvalue weighted by Crippen LogP contribution is 2.12. The van der Waals surface area contributed by atoms with E-state index in [1.54, 1.807) is 27.7 Å². The SMILES string of the molecule is CCC(C)[C@@H](NC(=O)OC(C)(C)C)C(=O)N[C@H](CCC(N)=O)C(=O)O. The molecule has 0 aliphatic rings. The number of carboxylic acid groups (broad SMARTS) is 1. The van der Waals surface area contributed by atoms with E-state index in [9.17, 15) is 19.2 Å². The van der Waals surface area contributed by atoms with Gasteiger partial charge in [-0.2, -0.15) is 0 Å². The smallest absolute Gasteiger partial charge is 0.408 e. The monoisotopic (exact) mass is 359 g/mol. The van der Waals surface area contributed by atoms with Crippen LogP contribution in [-0.4, -0.2) is 46.7 Å². The zero-order chi connectivity index (χ0) is 19.8. The normalized spacial score (nSPS) is 14.8. The van der Waals surface area contributed by atoms with Crippen LogP contribution in [0.5, 0.6) is 0 Å². The lowest BCUT2D eigenvalue weighted by Crippen LogP contribution is -2.54. The van der Waals surface area contributed by atoms with Gasteiger partial charge in [0.1, 0.15) is 17.7 Å². The third kappa shape index (κ3) is 9.53. The summed E-state index contributed by atoms with van der Waals surface area (Å²) < 4.78 is 5.14. The van der Waals surface area contributed by atoms with E-state index in [1.807, 2.05) is 6.92 Å². The molecular formula is C16H29N3O6. The van der Waals surface area contributed by atoms with Crippen LogP contribution in [0.3, 0.4) is 0 Å². The molecular weight excluding hydrogens is 330 g/mol. The molecule has 0 saturated carbocycles. The standard InChI is InChI=1S/C16H29N3O6/c1-6-9(2)12(19-15(24)25-16(3,4)5)13(21)18-10(14(22)23)7-8-11(17)20/h9-10,12H,6-8H2,1-5H3,(H2,17,20)(H,18,21)(H,19,24)(H,22,23)/t9?,10-,12-/m1/s1. The number of aliphatic carboxylic acids is 1. The number of nitrogens with two attached hydrogens (primary N) is 1. The molecule has 25 heavy (non-hydrogen) atoms. The number of rotatable bonds is 9. The number of ether oxygens (including phenoxy) is 1. The Hall–Kier alpha value is -2.32. The van der Waals surface area contributed by atoms with Crippen molar-refractivity contribution in [2.45, 2.75) is 71.6 Å². The molecule has 3 atom stereocenters. The van der Waals surface area contributed by atoms with E-state index in [4.69, 9.17) is 15.6 Å². The van der Waals surface area contributed by atoms with Crippen molar-refractivity contribution in [2.75, 3.05) is 0 Å². The molecule has 0 aromatic rings. The van der Waals surface area contributed by atoms with Gasteiger partial charge in [-0.25, -0.2) is 9.59 Å². The van der Waals surface area contributed by atoms with Crippen molar-refractivity contribution in [3.63, 3.8) is 0 Å². The zero-order valence-electron chi connectivity index (χ0n) is 15.4. The molecule has 0 aromatic heterocycles. The molecule has 0 spiro atoms. The van der Waals surface area contributed by atoms with Gasteiger partial charge in [0.05, 0.1) is 0 Å². The molecule has 0 bridgehead atoms. The first-order chi connectivity index (χ1) is 11.4. The Kier molecular flexibility index (Phi) is 8.94. The topological polar surface area (TPSA) is 148 Å². The van der Waals surface area contributed by atoms with E-state index >= 15 is 0 Å². The Labute approximate surface area is 147 Å². The van der Waals surface area contributed by atoms with Gasteiger partial charge in [0.2, 0.25) is 11.8 Å². The van der Waals surface area contributed by atoms with Crippen LogP contribution in [0.1, 0.15) is 53.9 Å². The molecule has 1 unspecified atom stereocenters. The van der Waals surface area contributed by atoms with Crippen LogP contribution in [0.25, 0.3) is 0 Å². The van der Waals surface area contributed by atoms with Gasteiger partial charge in [0.25, 0.3) is 0 Å². The second-order valence-corrected chi connectivity index (χ2v) is 6.91. The van der Waals surface area contributed by atoms with Crippen molar-refractivity contribution in [2.24, 2.45) is 11.7 Å². The fraction of sp³-hybridized carbons (Fsp3) is 0.750. The second kappa shape index (κ2) is 9.85. The van der Waals surface area contributed by atoms with Gasteiger partial charge in [-0.1, -0.05) is 20.3 Å². The van der Waals surface area contributed by atoms with Gasteiger partial charge in [0.15, 0.2) is 0 Å². The highest BCUT2D eigenvalue weighted by molar-refractivity contribution is 5.89. The summed E-state index contributed by atoms with van der Waals surface area (Å²) in [5.41, 5.74) is 4.28. The van der Waals surface area contributed by atoms with Crippen LogP contribution in [-0.2, 0) is 19.1 Å². The molecule has 0 aromatic carbocycles. The van der Waals surface area contributed by atoms with Crippen LogP contribution in [0, 0.1) is 5.92 Å². The number of hydrogen-bond donors (Lipinski definition) is 4. The summed E-state index contributed by atoms with van der Waals surface area (Å²) in [7, 11) is 0. The molecule has 0 saturated heterocycles. The van der Waals surface area contributed by atoms with E-state index in [-0.39, 0.29) is 18.8 Å². The summed E-state index contributed by atoms with van der Waals surface area (Å²) >= 11 is 0. The fourth-order valence-electron chi connectivity index (χ4n) is 1.94. The molecule has 9 nitrogen and oxygen atoms in total. The molecule has 5 N–H and O–H groups in total. The Balaban J connectivity index is 5.06. The van der Waals surface area contributed by atoms with Crippen molar-refractivity contribution in [1.82, 2.24) is 10.6 Å². The summed E-state index contributed by atoms with van der Waals surface area (Å²) in [4.78, 5) is 46.4. The van der Waals surface area contributed by atoms with E-state index in [0.29, 0.717) is 6.42 Å². The largest absolute Gasteiger partial charge is 0.480 e.